The van der Waals surface area contributed by atoms with Crippen molar-refractivity contribution >= 4 is 10.0 Å². The highest BCUT2D eigenvalue weighted by Crippen LogP contribution is 2.18. The van der Waals surface area contributed by atoms with Gasteiger partial charge < -0.3 is 4.74 Å². The zero-order chi connectivity index (χ0) is 14.6. The van der Waals surface area contributed by atoms with Crippen LogP contribution in [0.3, 0.4) is 0 Å². The number of hydrogen-bond donors (Lipinski definition) is 1. The lowest BCUT2D eigenvalue weighted by atomic mass is 10.2. The van der Waals surface area contributed by atoms with E-state index in [2.05, 4.69) is 9.71 Å². The normalized spacial score (nSPS) is 12.9. The first kappa shape index (κ1) is 14.5. The quantitative estimate of drug-likeness (QED) is 0.916. The van der Waals surface area contributed by atoms with Gasteiger partial charge in [0, 0.05) is 6.20 Å². The van der Waals surface area contributed by atoms with Gasteiger partial charge >= 0.3 is 0 Å². The van der Waals surface area contributed by atoms with Crippen molar-refractivity contribution < 1.29 is 13.2 Å². The van der Waals surface area contributed by atoms with E-state index in [0.717, 1.165) is 0 Å². The molecule has 2 rings (SSSR count). The van der Waals surface area contributed by atoms with Crippen LogP contribution in [-0.2, 0) is 10.0 Å². The van der Waals surface area contributed by atoms with Crippen molar-refractivity contribution in [3.05, 3.63) is 54.4 Å². The van der Waals surface area contributed by atoms with Crippen LogP contribution < -0.4 is 9.46 Å². The molecule has 20 heavy (non-hydrogen) atoms. The van der Waals surface area contributed by atoms with E-state index in [9.17, 15) is 8.42 Å². The van der Waals surface area contributed by atoms with Gasteiger partial charge in [0.05, 0.1) is 23.7 Å². The second-order valence-electron chi connectivity index (χ2n) is 4.27. The molecule has 0 radical (unpaired) electrons. The number of aromatic nitrogens is 1. The molecule has 1 heterocycles. The van der Waals surface area contributed by atoms with E-state index in [4.69, 9.17) is 4.74 Å². The molecule has 6 heteroatoms. The van der Waals surface area contributed by atoms with Gasteiger partial charge in [-0.25, -0.2) is 13.1 Å². The Balaban J connectivity index is 2.18. The molecule has 0 bridgehead atoms. The molecule has 1 unspecified atom stereocenters. The van der Waals surface area contributed by atoms with Crippen LogP contribution in [0, 0.1) is 0 Å². The summed E-state index contributed by atoms with van der Waals surface area (Å²) in [6.45, 7) is 1.75. The van der Waals surface area contributed by atoms with Gasteiger partial charge in [-0.2, -0.15) is 0 Å². The summed E-state index contributed by atoms with van der Waals surface area (Å²) in [4.78, 5) is 4.33. The van der Waals surface area contributed by atoms with E-state index in [-0.39, 0.29) is 4.90 Å². The second-order valence-corrected chi connectivity index (χ2v) is 5.99. The van der Waals surface area contributed by atoms with Crippen molar-refractivity contribution in [3.8, 4) is 5.75 Å². The Morgan fingerprint density at radius 1 is 1.15 bits per heavy atom. The van der Waals surface area contributed by atoms with Crippen LogP contribution in [0.25, 0.3) is 0 Å². The molecule has 0 saturated carbocycles. The standard InChI is InChI=1S/C14H16N2O3S/c1-11(14-5-3-4-10-15-14)16-20(17,18)13-8-6-12(19-2)7-9-13/h3-11,16H,1-2H3. The fourth-order valence-electron chi connectivity index (χ4n) is 1.75. The summed E-state index contributed by atoms with van der Waals surface area (Å²) in [6, 6.07) is 11.2. The molecule has 1 N–H and O–H groups in total. The first-order chi connectivity index (χ1) is 9.53. The average molecular weight is 292 g/mol. The number of sulfonamides is 1. The van der Waals surface area contributed by atoms with Crippen LogP contribution >= 0.6 is 0 Å². The number of nitrogens with zero attached hydrogens (tertiary/aromatic N) is 1. The van der Waals surface area contributed by atoms with Gasteiger partial charge in [0.15, 0.2) is 0 Å². The van der Waals surface area contributed by atoms with E-state index in [0.29, 0.717) is 11.4 Å². The summed E-state index contributed by atoms with van der Waals surface area (Å²) in [5.74, 6) is 0.613. The van der Waals surface area contributed by atoms with E-state index in [1.54, 1.807) is 37.4 Å². The molecule has 2 aromatic rings. The molecule has 1 aromatic carbocycles. The third-order valence-corrected chi connectivity index (χ3v) is 4.39. The van der Waals surface area contributed by atoms with Gasteiger partial charge in [-0.3, -0.25) is 4.98 Å². The molecule has 106 valence electrons. The minimum atomic E-state index is -3.58. The van der Waals surface area contributed by atoms with Gasteiger partial charge in [-0.05, 0) is 43.3 Å². The minimum absolute atomic E-state index is 0.195. The summed E-state index contributed by atoms with van der Waals surface area (Å²) in [5, 5.41) is 0. The van der Waals surface area contributed by atoms with Crippen LogP contribution in [0.2, 0.25) is 0 Å². The van der Waals surface area contributed by atoms with Crippen LogP contribution in [0.4, 0.5) is 0 Å². The third-order valence-electron chi connectivity index (χ3n) is 2.83. The van der Waals surface area contributed by atoms with Gasteiger partial charge in [0.2, 0.25) is 10.0 Å². The molecule has 1 aromatic heterocycles. The van der Waals surface area contributed by atoms with Crippen LogP contribution in [0.15, 0.2) is 53.6 Å². The lowest BCUT2D eigenvalue weighted by Crippen LogP contribution is -2.27. The Morgan fingerprint density at radius 2 is 1.85 bits per heavy atom. The van der Waals surface area contributed by atoms with Crippen molar-refractivity contribution in [2.24, 2.45) is 0 Å². The van der Waals surface area contributed by atoms with Crippen molar-refractivity contribution in [1.82, 2.24) is 9.71 Å². The van der Waals surface area contributed by atoms with Gasteiger partial charge in [-0.1, -0.05) is 6.07 Å². The van der Waals surface area contributed by atoms with E-state index in [1.165, 1.54) is 19.2 Å². The van der Waals surface area contributed by atoms with E-state index in [1.807, 2.05) is 6.07 Å². The lowest BCUT2D eigenvalue weighted by Gasteiger charge is -2.13. The molecule has 5 nitrogen and oxygen atoms in total. The summed E-state index contributed by atoms with van der Waals surface area (Å²) in [6.07, 6.45) is 1.63. The summed E-state index contributed by atoms with van der Waals surface area (Å²) in [7, 11) is -2.05. The molecule has 0 amide bonds. The molecule has 0 aliphatic carbocycles. The molecular weight excluding hydrogens is 276 g/mol. The first-order valence-electron chi connectivity index (χ1n) is 6.10. The predicted molar refractivity (Wildman–Crippen MR) is 76.0 cm³/mol. The summed E-state index contributed by atoms with van der Waals surface area (Å²) in [5.41, 5.74) is 0.671. The molecule has 0 spiro atoms. The molecular formula is C14H16N2O3S. The Labute approximate surface area is 118 Å². The number of nitrogens with one attached hydrogen (secondary N) is 1. The molecule has 0 aliphatic rings. The highest BCUT2D eigenvalue weighted by atomic mass is 32.2. The third kappa shape index (κ3) is 3.34. The summed E-state index contributed by atoms with van der Waals surface area (Å²) >= 11 is 0. The maximum absolute atomic E-state index is 12.2. The van der Waals surface area contributed by atoms with Gasteiger partial charge in [-0.15, -0.1) is 0 Å². The van der Waals surface area contributed by atoms with E-state index >= 15 is 0 Å². The second kappa shape index (κ2) is 6.02. The largest absolute Gasteiger partial charge is 0.497 e. The smallest absolute Gasteiger partial charge is 0.241 e. The Bertz CT molecular complexity index is 655. The van der Waals surface area contributed by atoms with Gasteiger partial charge in [0.25, 0.3) is 0 Å². The Hall–Kier alpha value is -1.92. The summed E-state index contributed by atoms with van der Waals surface area (Å²) < 4.78 is 32.1. The minimum Gasteiger partial charge on any atom is -0.497 e. The molecule has 0 saturated heterocycles. The zero-order valence-corrected chi connectivity index (χ0v) is 12.1. The number of rotatable bonds is 5. The van der Waals surface area contributed by atoms with Crippen molar-refractivity contribution in [2.75, 3.05) is 7.11 Å². The fourth-order valence-corrected chi connectivity index (χ4v) is 2.96. The molecule has 0 fully saturated rings. The zero-order valence-electron chi connectivity index (χ0n) is 11.3. The number of ether oxygens (including phenoxy) is 1. The van der Waals surface area contributed by atoms with E-state index < -0.39 is 16.1 Å². The maximum Gasteiger partial charge on any atom is 0.241 e. The SMILES string of the molecule is COc1ccc(S(=O)(=O)NC(C)c2ccccn2)cc1. The Kier molecular flexibility index (Phi) is 4.36. The number of pyridine rings is 1. The molecule has 1 atom stereocenters. The predicted octanol–water partition coefficient (Wildman–Crippen LogP) is 2.13. The van der Waals surface area contributed by atoms with Crippen molar-refractivity contribution in [3.63, 3.8) is 0 Å². The average Bonchev–Trinajstić information content (AvgIpc) is 2.48. The number of methoxy groups -OCH3 is 1. The van der Waals surface area contributed by atoms with Crippen LogP contribution in [0.1, 0.15) is 18.7 Å². The van der Waals surface area contributed by atoms with Crippen molar-refractivity contribution in [2.45, 2.75) is 17.9 Å². The highest BCUT2D eigenvalue weighted by molar-refractivity contribution is 7.89. The van der Waals surface area contributed by atoms with Crippen molar-refractivity contribution in [1.29, 1.82) is 0 Å². The monoisotopic (exact) mass is 292 g/mol. The first-order valence-corrected chi connectivity index (χ1v) is 7.58. The Morgan fingerprint density at radius 3 is 2.40 bits per heavy atom. The number of hydrogen-bond acceptors (Lipinski definition) is 4. The topological polar surface area (TPSA) is 68.3 Å². The number of benzene rings is 1. The maximum atomic E-state index is 12.2. The van der Waals surface area contributed by atoms with Crippen LogP contribution in [-0.4, -0.2) is 20.5 Å². The van der Waals surface area contributed by atoms with Crippen LogP contribution in [0.5, 0.6) is 5.75 Å². The highest BCUT2D eigenvalue weighted by Gasteiger charge is 2.18. The molecule has 0 aliphatic heterocycles. The fraction of sp³-hybridized carbons (Fsp3) is 0.214. The lowest BCUT2D eigenvalue weighted by molar-refractivity contribution is 0.414. The van der Waals surface area contributed by atoms with Gasteiger partial charge in [0.1, 0.15) is 5.75 Å².